The first kappa shape index (κ1) is 18.0. The number of hydrogen-bond donors (Lipinski definition) is 1. The lowest BCUT2D eigenvalue weighted by atomic mass is 9.91. The lowest BCUT2D eigenvalue weighted by Gasteiger charge is -2.12. The van der Waals surface area contributed by atoms with Crippen LogP contribution in [0.5, 0.6) is 0 Å². The van der Waals surface area contributed by atoms with Gasteiger partial charge in [0, 0.05) is 29.3 Å². The second kappa shape index (κ2) is 6.19. The summed E-state index contributed by atoms with van der Waals surface area (Å²) in [6, 6.07) is 4.98. The summed E-state index contributed by atoms with van der Waals surface area (Å²) < 4.78 is 79.4. The fraction of sp³-hybridized carbons (Fsp3) is 0.167. The fourth-order valence-corrected chi connectivity index (χ4v) is 3.01. The lowest BCUT2D eigenvalue weighted by molar-refractivity contribution is -0.137. The maximum absolute atomic E-state index is 14.0. The molecule has 0 amide bonds. The van der Waals surface area contributed by atoms with Crippen LogP contribution in [-0.2, 0) is 11.0 Å². The molecule has 3 rings (SSSR count). The van der Waals surface area contributed by atoms with E-state index >= 15 is 0 Å². The number of benzene rings is 2. The summed E-state index contributed by atoms with van der Waals surface area (Å²) >= 11 is 0. The highest BCUT2D eigenvalue weighted by molar-refractivity contribution is 6.26. The minimum Gasteiger partial charge on any atom is -0.401 e. The summed E-state index contributed by atoms with van der Waals surface area (Å²) in [5.74, 6) is -6.00. The number of alkyl halides is 3. The minimum atomic E-state index is -4.62. The predicted octanol–water partition coefficient (Wildman–Crippen LogP) is 4.55. The number of Topliss-reactive ketones (excluding diaryl/α,β-unsaturated/α-hetero) is 1. The summed E-state index contributed by atoms with van der Waals surface area (Å²) in [7, 11) is 0. The Hall–Kier alpha value is -2.77. The summed E-state index contributed by atoms with van der Waals surface area (Å²) in [6.45, 7) is 0. The molecule has 136 valence electrons. The van der Waals surface area contributed by atoms with Gasteiger partial charge in [-0.15, -0.1) is 0 Å². The van der Waals surface area contributed by atoms with Crippen molar-refractivity contribution in [3.8, 4) is 0 Å². The van der Waals surface area contributed by atoms with Gasteiger partial charge in [0.15, 0.2) is 17.4 Å². The molecule has 0 bridgehead atoms. The van der Waals surface area contributed by atoms with E-state index in [1.54, 1.807) is 0 Å². The van der Waals surface area contributed by atoms with Crippen molar-refractivity contribution in [1.29, 1.82) is 0 Å². The van der Waals surface area contributed by atoms with Crippen LogP contribution >= 0.6 is 0 Å². The standard InChI is InChI=1S/C18H11F6NO/c19-10-5-11(16(21)13(20)6-10)12-7-14(25)15(17(12)26)8-2-1-3-9(4-8)18(22,23)24/h1-6,12H,7,25H2. The molecule has 1 atom stereocenters. The van der Waals surface area contributed by atoms with Gasteiger partial charge in [0.25, 0.3) is 0 Å². The van der Waals surface area contributed by atoms with Gasteiger partial charge in [-0.2, -0.15) is 13.2 Å². The predicted molar refractivity (Wildman–Crippen MR) is 81.2 cm³/mol. The summed E-state index contributed by atoms with van der Waals surface area (Å²) in [4.78, 5) is 12.6. The van der Waals surface area contributed by atoms with Crippen LogP contribution in [0, 0.1) is 17.5 Å². The maximum atomic E-state index is 14.0. The van der Waals surface area contributed by atoms with Crippen molar-refractivity contribution in [1.82, 2.24) is 0 Å². The molecule has 26 heavy (non-hydrogen) atoms. The van der Waals surface area contributed by atoms with Crippen molar-refractivity contribution in [2.45, 2.75) is 18.5 Å². The number of ketones is 1. The van der Waals surface area contributed by atoms with Gasteiger partial charge in [-0.3, -0.25) is 4.79 Å². The number of hydrogen-bond acceptors (Lipinski definition) is 2. The van der Waals surface area contributed by atoms with Gasteiger partial charge in [-0.1, -0.05) is 12.1 Å². The Morgan fingerprint density at radius 2 is 1.73 bits per heavy atom. The number of allylic oxidation sites excluding steroid dienone is 2. The van der Waals surface area contributed by atoms with E-state index in [9.17, 15) is 31.1 Å². The van der Waals surface area contributed by atoms with Crippen molar-refractivity contribution in [3.63, 3.8) is 0 Å². The van der Waals surface area contributed by atoms with Crippen LogP contribution in [-0.4, -0.2) is 5.78 Å². The zero-order valence-electron chi connectivity index (χ0n) is 13.0. The normalized spacial score (nSPS) is 17.9. The molecule has 1 aliphatic rings. The smallest absolute Gasteiger partial charge is 0.401 e. The zero-order valence-corrected chi connectivity index (χ0v) is 13.0. The second-order valence-corrected chi connectivity index (χ2v) is 5.89. The van der Waals surface area contributed by atoms with Gasteiger partial charge in [0.2, 0.25) is 0 Å². The third-order valence-corrected chi connectivity index (χ3v) is 4.18. The van der Waals surface area contributed by atoms with Crippen LogP contribution in [0.15, 0.2) is 42.1 Å². The van der Waals surface area contributed by atoms with E-state index < -0.39 is 46.5 Å². The van der Waals surface area contributed by atoms with Gasteiger partial charge < -0.3 is 5.73 Å². The van der Waals surface area contributed by atoms with Crippen molar-refractivity contribution >= 4 is 11.4 Å². The maximum Gasteiger partial charge on any atom is 0.416 e. The number of halogens is 6. The SMILES string of the molecule is NC1=C(c2cccc(C(F)(F)F)c2)C(=O)C(c2cc(F)cc(F)c2F)C1. The molecule has 0 aliphatic heterocycles. The van der Waals surface area contributed by atoms with Gasteiger partial charge >= 0.3 is 6.18 Å². The van der Waals surface area contributed by atoms with Crippen LogP contribution in [0.4, 0.5) is 26.3 Å². The molecule has 0 spiro atoms. The molecular formula is C18H11F6NO. The Balaban J connectivity index is 2.03. The molecule has 2 aromatic carbocycles. The van der Waals surface area contributed by atoms with E-state index in [0.717, 1.165) is 18.2 Å². The average Bonchev–Trinajstić information content (AvgIpc) is 2.85. The Bertz CT molecular complexity index is 932. The van der Waals surface area contributed by atoms with Crippen LogP contribution in [0.25, 0.3) is 5.57 Å². The highest BCUT2D eigenvalue weighted by Crippen LogP contribution is 2.41. The quantitative estimate of drug-likeness (QED) is 0.622. The second-order valence-electron chi connectivity index (χ2n) is 5.89. The molecule has 0 radical (unpaired) electrons. The van der Waals surface area contributed by atoms with Gasteiger partial charge in [-0.25, -0.2) is 13.2 Å². The van der Waals surface area contributed by atoms with E-state index in [-0.39, 0.29) is 23.3 Å². The zero-order chi connectivity index (χ0) is 19.2. The molecule has 0 saturated heterocycles. The number of rotatable bonds is 2. The first-order valence-corrected chi connectivity index (χ1v) is 7.44. The third-order valence-electron chi connectivity index (χ3n) is 4.18. The fourth-order valence-electron chi connectivity index (χ4n) is 3.01. The molecule has 8 heteroatoms. The molecule has 1 unspecified atom stereocenters. The number of carbonyl (C=O) groups excluding carboxylic acids is 1. The molecule has 2 nitrogen and oxygen atoms in total. The van der Waals surface area contributed by atoms with Gasteiger partial charge in [-0.05, 0) is 23.8 Å². The average molecular weight is 371 g/mol. The number of nitrogens with two attached hydrogens (primary N) is 1. The Morgan fingerprint density at radius 1 is 1.04 bits per heavy atom. The van der Waals surface area contributed by atoms with Gasteiger partial charge in [0.1, 0.15) is 5.82 Å². The highest BCUT2D eigenvalue weighted by Gasteiger charge is 2.37. The van der Waals surface area contributed by atoms with Crippen molar-refractivity contribution < 1.29 is 31.1 Å². The Kier molecular flexibility index (Phi) is 4.29. The van der Waals surface area contributed by atoms with Crippen molar-refractivity contribution in [2.24, 2.45) is 5.73 Å². The molecule has 0 heterocycles. The number of carbonyl (C=O) groups is 1. The third kappa shape index (κ3) is 3.07. The monoisotopic (exact) mass is 371 g/mol. The van der Waals surface area contributed by atoms with Crippen molar-refractivity contribution in [2.75, 3.05) is 0 Å². The topological polar surface area (TPSA) is 43.1 Å². The van der Waals surface area contributed by atoms with E-state index in [2.05, 4.69) is 0 Å². The van der Waals surface area contributed by atoms with E-state index in [1.165, 1.54) is 6.07 Å². The minimum absolute atomic E-state index is 0.0663. The molecule has 1 aliphatic carbocycles. The van der Waals surface area contributed by atoms with Crippen LogP contribution < -0.4 is 5.73 Å². The van der Waals surface area contributed by atoms with E-state index in [1.807, 2.05) is 0 Å². The summed E-state index contributed by atoms with van der Waals surface area (Å²) in [5.41, 5.74) is 3.94. The van der Waals surface area contributed by atoms with Gasteiger partial charge in [0.05, 0.1) is 11.5 Å². The first-order valence-electron chi connectivity index (χ1n) is 7.44. The largest absolute Gasteiger partial charge is 0.416 e. The van der Waals surface area contributed by atoms with Crippen LogP contribution in [0.3, 0.4) is 0 Å². The molecule has 2 N–H and O–H groups in total. The Labute approximate surface area is 143 Å². The van der Waals surface area contributed by atoms with E-state index in [0.29, 0.717) is 12.1 Å². The summed E-state index contributed by atoms with van der Waals surface area (Å²) in [5, 5.41) is 0. The highest BCUT2D eigenvalue weighted by atomic mass is 19.4. The molecule has 0 saturated carbocycles. The summed E-state index contributed by atoms with van der Waals surface area (Å²) in [6.07, 6.45) is -4.87. The molecule has 2 aromatic rings. The molecular weight excluding hydrogens is 360 g/mol. The van der Waals surface area contributed by atoms with Crippen molar-refractivity contribution in [3.05, 3.63) is 76.2 Å². The Morgan fingerprint density at radius 3 is 2.38 bits per heavy atom. The van der Waals surface area contributed by atoms with Crippen LogP contribution in [0.2, 0.25) is 0 Å². The molecule has 0 aromatic heterocycles. The first-order chi connectivity index (χ1) is 12.1. The molecule has 0 fully saturated rings. The van der Waals surface area contributed by atoms with Crippen LogP contribution in [0.1, 0.15) is 29.0 Å². The lowest BCUT2D eigenvalue weighted by Crippen LogP contribution is -2.12. The van der Waals surface area contributed by atoms with E-state index in [4.69, 9.17) is 5.73 Å².